The number of nitrogens with one attached hydrogen (secondary N) is 2. The molecule has 0 saturated heterocycles. The molecular formula is C13H17N5OS. The third-order valence-corrected chi connectivity index (χ3v) is 3.29. The molecule has 0 bridgehead atoms. The summed E-state index contributed by atoms with van der Waals surface area (Å²) in [5, 5.41) is 9.65. The van der Waals surface area contributed by atoms with Crippen LogP contribution in [0, 0.1) is 10.7 Å². The predicted molar refractivity (Wildman–Crippen MR) is 79.0 cm³/mol. The van der Waals surface area contributed by atoms with E-state index < -0.39 is 0 Å². The Morgan fingerprint density at radius 3 is 2.55 bits per heavy atom. The molecule has 1 atom stereocenters. The second-order valence-electron chi connectivity index (χ2n) is 4.82. The Balaban J connectivity index is 2.25. The standard InChI is InChI=1S/C13H17N5OS/c1-8(2)10(11-16-17-13(20)18(11)14)15-12(19)9-6-4-3-5-7-9/h3-8,10H,14H2,1-2H3,(H,15,19)(H,17,20)/t10-/m0/s1. The Morgan fingerprint density at radius 1 is 1.40 bits per heavy atom. The molecule has 1 aromatic carbocycles. The normalized spacial score (nSPS) is 12.3. The second-order valence-corrected chi connectivity index (χ2v) is 5.20. The van der Waals surface area contributed by atoms with E-state index in [-0.39, 0.29) is 17.9 Å². The quantitative estimate of drug-likeness (QED) is 0.592. The van der Waals surface area contributed by atoms with Crippen molar-refractivity contribution in [3.05, 3.63) is 46.5 Å². The molecule has 0 radical (unpaired) electrons. The summed E-state index contributed by atoms with van der Waals surface area (Å²) in [6, 6.07) is 8.69. The largest absolute Gasteiger partial charge is 0.342 e. The van der Waals surface area contributed by atoms with E-state index in [1.165, 1.54) is 4.68 Å². The van der Waals surface area contributed by atoms with Gasteiger partial charge >= 0.3 is 0 Å². The number of hydrogen-bond donors (Lipinski definition) is 3. The fourth-order valence-corrected chi connectivity index (χ4v) is 2.02. The smallest absolute Gasteiger partial charge is 0.251 e. The predicted octanol–water partition coefficient (Wildman–Crippen LogP) is 1.78. The van der Waals surface area contributed by atoms with Gasteiger partial charge in [-0.3, -0.25) is 9.89 Å². The molecule has 0 aliphatic rings. The van der Waals surface area contributed by atoms with Crippen molar-refractivity contribution in [2.45, 2.75) is 19.9 Å². The van der Waals surface area contributed by atoms with Gasteiger partial charge in [-0.1, -0.05) is 32.0 Å². The summed E-state index contributed by atoms with van der Waals surface area (Å²) in [6.45, 7) is 3.96. The average Bonchev–Trinajstić information content (AvgIpc) is 2.77. The molecule has 0 saturated carbocycles. The van der Waals surface area contributed by atoms with Crippen LogP contribution in [0.25, 0.3) is 0 Å². The summed E-state index contributed by atoms with van der Waals surface area (Å²) in [6.07, 6.45) is 0. The molecule has 1 heterocycles. The zero-order valence-electron chi connectivity index (χ0n) is 11.3. The number of carbonyl (C=O) groups is 1. The van der Waals surface area contributed by atoms with Crippen molar-refractivity contribution in [1.29, 1.82) is 0 Å². The Labute approximate surface area is 122 Å². The highest BCUT2D eigenvalue weighted by atomic mass is 32.1. The number of nitrogens with two attached hydrogens (primary N) is 1. The fraction of sp³-hybridized carbons (Fsp3) is 0.308. The summed E-state index contributed by atoms with van der Waals surface area (Å²) in [4.78, 5) is 12.2. The Bertz CT molecular complexity index is 646. The number of hydrogen-bond acceptors (Lipinski definition) is 4. The van der Waals surface area contributed by atoms with E-state index in [9.17, 15) is 4.79 Å². The first-order chi connectivity index (χ1) is 9.50. The molecule has 106 valence electrons. The maximum atomic E-state index is 12.2. The SMILES string of the molecule is CC(C)[C@H](NC(=O)c1ccccc1)c1n[nH]c(=S)n1N. The third-order valence-electron chi connectivity index (χ3n) is 3.00. The highest BCUT2D eigenvalue weighted by Gasteiger charge is 2.23. The van der Waals surface area contributed by atoms with E-state index in [4.69, 9.17) is 18.1 Å². The van der Waals surface area contributed by atoms with Gasteiger partial charge in [-0.25, -0.2) is 4.68 Å². The van der Waals surface area contributed by atoms with Crippen LogP contribution in [0.15, 0.2) is 30.3 Å². The maximum absolute atomic E-state index is 12.2. The monoisotopic (exact) mass is 291 g/mol. The molecule has 0 spiro atoms. The minimum atomic E-state index is -0.319. The topological polar surface area (TPSA) is 88.7 Å². The first kappa shape index (κ1) is 14.3. The van der Waals surface area contributed by atoms with E-state index in [1.807, 2.05) is 32.0 Å². The summed E-state index contributed by atoms with van der Waals surface area (Å²) >= 11 is 4.99. The lowest BCUT2D eigenvalue weighted by Crippen LogP contribution is -2.34. The second kappa shape index (κ2) is 5.87. The molecule has 20 heavy (non-hydrogen) atoms. The van der Waals surface area contributed by atoms with Crippen LogP contribution < -0.4 is 11.2 Å². The molecule has 0 unspecified atom stereocenters. The molecule has 0 aliphatic carbocycles. The van der Waals surface area contributed by atoms with E-state index >= 15 is 0 Å². The first-order valence-corrected chi connectivity index (χ1v) is 6.70. The van der Waals surface area contributed by atoms with Crippen LogP contribution in [0.2, 0.25) is 0 Å². The summed E-state index contributed by atoms with van der Waals surface area (Å²) < 4.78 is 1.60. The van der Waals surface area contributed by atoms with Crippen LogP contribution in [-0.4, -0.2) is 20.8 Å². The van der Waals surface area contributed by atoms with E-state index in [2.05, 4.69) is 15.5 Å². The number of carbonyl (C=O) groups excluding carboxylic acids is 1. The lowest BCUT2D eigenvalue weighted by atomic mass is 10.0. The minimum absolute atomic E-state index is 0.121. The molecule has 0 fully saturated rings. The average molecular weight is 291 g/mol. The van der Waals surface area contributed by atoms with E-state index in [0.717, 1.165) is 0 Å². The van der Waals surface area contributed by atoms with Gasteiger partial charge in [0.2, 0.25) is 4.77 Å². The van der Waals surface area contributed by atoms with Crippen LogP contribution >= 0.6 is 12.2 Å². The lowest BCUT2D eigenvalue weighted by Gasteiger charge is -2.21. The summed E-state index contributed by atoms with van der Waals surface area (Å²) in [5.41, 5.74) is 0.593. The van der Waals surface area contributed by atoms with Gasteiger partial charge in [0.1, 0.15) is 0 Å². The molecule has 6 nitrogen and oxygen atoms in total. The lowest BCUT2D eigenvalue weighted by molar-refractivity contribution is 0.0922. The van der Waals surface area contributed by atoms with Gasteiger partial charge in [0.15, 0.2) is 5.82 Å². The van der Waals surface area contributed by atoms with Crippen molar-refractivity contribution < 1.29 is 4.79 Å². The number of benzene rings is 1. The van der Waals surface area contributed by atoms with Gasteiger partial charge in [-0.2, -0.15) is 5.10 Å². The minimum Gasteiger partial charge on any atom is -0.342 e. The van der Waals surface area contributed by atoms with Gasteiger partial charge < -0.3 is 11.2 Å². The third kappa shape index (κ3) is 2.88. The molecule has 2 rings (SSSR count). The Kier molecular flexibility index (Phi) is 4.19. The highest BCUT2D eigenvalue weighted by molar-refractivity contribution is 7.71. The number of rotatable bonds is 4. The molecule has 1 aromatic heterocycles. The van der Waals surface area contributed by atoms with Crippen LogP contribution in [0.1, 0.15) is 36.1 Å². The highest BCUT2D eigenvalue weighted by Crippen LogP contribution is 2.19. The van der Waals surface area contributed by atoms with Gasteiger partial charge in [0.05, 0.1) is 6.04 Å². The van der Waals surface area contributed by atoms with Gasteiger partial charge in [-0.05, 0) is 30.3 Å². The molecule has 4 N–H and O–H groups in total. The zero-order valence-corrected chi connectivity index (χ0v) is 12.1. The van der Waals surface area contributed by atoms with E-state index in [0.29, 0.717) is 16.2 Å². The van der Waals surface area contributed by atoms with Crippen LogP contribution in [-0.2, 0) is 0 Å². The van der Waals surface area contributed by atoms with Crippen LogP contribution in [0.5, 0.6) is 0 Å². The van der Waals surface area contributed by atoms with Crippen molar-refractivity contribution in [3.63, 3.8) is 0 Å². The van der Waals surface area contributed by atoms with Crippen molar-refractivity contribution in [1.82, 2.24) is 20.2 Å². The van der Waals surface area contributed by atoms with Crippen molar-refractivity contribution in [2.24, 2.45) is 5.92 Å². The van der Waals surface area contributed by atoms with Crippen LogP contribution in [0.3, 0.4) is 0 Å². The van der Waals surface area contributed by atoms with Crippen molar-refractivity contribution >= 4 is 18.1 Å². The maximum Gasteiger partial charge on any atom is 0.251 e. The molecule has 2 aromatic rings. The van der Waals surface area contributed by atoms with Gasteiger partial charge in [0.25, 0.3) is 5.91 Å². The molecule has 0 aliphatic heterocycles. The number of aromatic amines is 1. The number of amides is 1. The Hall–Kier alpha value is -2.15. The molecule has 7 heteroatoms. The molecule has 1 amide bonds. The number of nitrogens with zero attached hydrogens (tertiary/aromatic N) is 2. The summed E-state index contributed by atoms with van der Waals surface area (Å²) in [7, 11) is 0. The molecular weight excluding hydrogens is 274 g/mol. The summed E-state index contributed by atoms with van der Waals surface area (Å²) in [5.74, 6) is 6.28. The van der Waals surface area contributed by atoms with Gasteiger partial charge in [0, 0.05) is 5.56 Å². The zero-order chi connectivity index (χ0) is 14.7. The first-order valence-electron chi connectivity index (χ1n) is 6.29. The number of nitrogen functional groups attached to an aromatic ring is 1. The fourth-order valence-electron chi connectivity index (χ4n) is 1.88. The Morgan fingerprint density at radius 2 is 2.05 bits per heavy atom. The number of aromatic nitrogens is 3. The van der Waals surface area contributed by atoms with Crippen molar-refractivity contribution in [2.75, 3.05) is 5.84 Å². The van der Waals surface area contributed by atoms with Crippen molar-refractivity contribution in [3.8, 4) is 0 Å². The van der Waals surface area contributed by atoms with E-state index in [1.54, 1.807) is 12.1 Å². The van der Waals surface area contributed by atoms with Crippen LogP contribution in [0.4, 0.5) is 0 Å². The number of H-pyrrole nitrogens is 1. The van der Waals surface area contributed by atoms with Gasteiger partial charge in [-0.15, -0.1) is 0 Å².